The van der Waals surface area contributed by atoms with Gasteiger partial charge in [-0.1, -0.05) is 0 Å². The Morgan fingerprint density at radius 2 is 1.97 bits per heavy atom. The lowest BCUT2D eigenvalue weighted by Crippen LogP contribution is -2.51. The second-order valence-corrected chi connectivity index (χ2v) is 11.3. The second-order valence-electron chi connectivity index (χ2n) is 10.2. The van der Waals surface area contributed by atoms with Gasteiger partial charge in [-0.3, -0.25) is 4.79 Å². The molecule has 2 aromatic rings. The molecular formula is C23H32N4O4S. The molecule has 32 heavy (non-hydrogen) atoms. The predicted octanol–water partition coefficient (Wildman–Crippen LogP) is 4.20. The molecule has 0 aromatic carbocycles. The third-order valence-electron chi connectivity index (χ3n) is 6.26. The van der Waals surface area contributed by atoms with Crippen molar-refractivity contribution in [2.45, 2.75) is 95.8 Å². The summed E-state index contributed by atoms with van der Waals surface area (Å²) in [4.78, 5) is 34.9. The lowest BCUT2D eigenvalue weighted by Gasteiger charge is -2.38. The Morgan fingerprint density at radius 3 is 2.62 bits per heavy atom. The first-order valence-corrected chi connectivity index (χ1v) is 12.1. The molecular weight excluding hydrogens is 428 g/mol. The van der Waals surface area contributed by atoms with Crippen LogP contribution in [0.2, 0.25) is 0 Å². The van der Waals surface area contributed by atoms with E-state index in [1.54, 1.807) is 17.7 Å². The summed E-state index contributed by atoms with van der Waals surface area (Å²) in [5.74, 6) is 0.417. The van der Waals surface area contributed by atoms with Crippen molar-refractivity contribution >= 4 is 33.6 Å². The molecule has 1 fully saturated rings. The number of primary amides is 1. The van der Waals surface area contributed by atoms with Gasteiger partial charge in [-0.15, -0.1) is 11.3 Å². The van der Waals surface area contributed by atoms with E-state index in [-0.39, 0.29) is 29.6 Å². The van der Waals surface area contributed by atoms with E-state index in [2.05, 4.69) is 22.2 Å². The summed E-state index contributed by atoms with van der Waals surface area (Å²) in [6.07, 6.45) is 6.55. The minimum Gasteiger partial charge on any atom is -0.474 e. The van der Waals surface area contributed by atoms with Crippen LogP contribution in [0.4, 0.5) is 4.79 Å². The summed E-state index contributed by atoms with van der Waals surface area (Å²) in [5.41, 5.74) is 5.79. The molecule has 2 heterocycles. The van der Waals surface area contributed by atoms with Crippen molar-refractivity contribution in [2.24, 2.45) is 5.73 Å². The van der Waals surface area contributed by atoms with Crippen molar-refractivity contribution in [3.05, 3.63) is 16.8 Å². The highest BCUT2D eigenvalue weighted by Gasteiger charge is 2.36. The van der Waals surface area contributed by atoms with E-state index >= 15 is 0 Å². The smallest absolute Gasteiger partial charge is 0.408 e. The van der Waals surface area contributed by atoms with Crippen LogP contribution >= 0.6 is 11.3 Å². The SMILES string of the molecule is CC1(NC(=O)OC(C)(C)C)CCC(Oc2ncnc3sc4c(c23)[C@@H](CC(N)=O)CC4)CC1. The fourth-order valence-electron chi connectivity index (χ4n) is 4.76. The number of fused-ring (bicyclic) bond motifs is 3. The van der Waals surface area contributed by atoms with E-state index in [1.807, 2.05) is 20.8 Å². The van der Waals surface area contributed by atoms with Crippen molar-refractivity contribution in [1.82, 2.24) is 15.3 Å². The number of alkyl carbamates (subject to hydrolysis) is 1. The van der Waals surface area contributed by atoms with E-state index in [0.29, 0.717) is 12.3 Å². The molecule has 2 aliphatic rings. The van der Waals surface area contributed by atoms with Crippen LogP contribution in [0, 0.1) is 0 Å². The quantitative estimate of drug-likeness (QED) is 0.691. The summed E-state index contributed by atoms with van der Waals surface area (Å²) in [7, 11) is 0. The predicted molar refractivity (Wildman–Crippen MR) is 123 cm³/mol. The summed E-state index contributed by atoms with van der Waals surface area (Å²) in [6.45, 7) is 7.63. The number of thiophene rings is 1. The van der Waals surface area contributed by atoms with Gasteiger partial charge < -0.3 is 20.5 Å². The maximum atomic E-state index is 12.2. The third-order valence-corrected chi connectivity index (χ3v) is 7.43. The highest BCUT2D eigenvalue weighted by atomic mass is 32.1. The van der Waals surface area contributed by atoms with Crippen LogP contribution in [-0.4, -0.2) is 39.2 Å². The molecule has 8 nitrogen and oxygen atoms in total. The van der Waals surface area contributed by atoms with Crippen LogP contribution < -0.4 is 15.8 Å². The van der Waals surface area contributed by atoms with Gasteiger partial charge in [-0.25, -0.2) is 14.8 Å². The number of nitrogens with two attached hydrogens (primary N) is 1. The number of hydrogen-bond acceptors (Lipinski definition) is 7. The Labute approximate surface area is 192 Å². The van der Waals surface area contributed by atoms with Gasteiger partial charge in [-0.05, 0) is 77.7 Å². The van der Waals surface area contributed by atoms with Crippen LogP contribution in [0.5, 0.6) is 5.88 Å². The number of carbonyl (C=O) groups excluding carboxylic acids is 2. The highest BCUT2D eigenvalue weighted by Crippen LogP contribution is 2.47. The molecule has 1 saturated carbocycles. The molecule has 0 unspecified atom stereocenters. The minimum atomic E-state index is -0.522. The molecule has 0 saturated heterocycles. The van der Waals surface area contributed by atoms with Gasteiger partial charge in [0.15, 0.2) is 0 Å². The van der Waals surface area contributed by atoms with E-state index in [1.165, 1.54) is 4.88 Å². The molecule has 0 radical (unpaired) electrons. The summed E-state index contributed by atoms with van der Waals surface area (Å²) < 4.78 is 11.8. The van der Waals surface area contributed by atoms with Crippen LogP contribution in [0.3, 0.4) is 0 Å². The van der Waals surface area contributed by atoms with Gasteiger partial charge in [0, 0.05) is 16.8 Å². The molecule has 1 atom stereocenters. The molecule has 3 N–H and O–H groups in total. The van der Waals surface area contributed by atoms with Crippen molar-refractivity contribution < 1.29 is 19.1 Å². The number of carbonyl (C=O) groups is 2. The number of rotatable bonds is 5. The van der Waals surface area contributed by atoms with Crippen molar-refractivity contribution in [3.8, 4) is 5.88 Å². The third kappa shape index (κ3) is 4.98. The van der Waals surface area contributed by atoms with Crippen molar-refractivity contribution in [1.29, 1.82) is 0 Å². The number of aromatic nitrogens is 2. The fourth-order valence-corrected chi connectivity index (χ4v) is 5.99. The van der Waals surface area contributed by atoms with Gasteiger partial charge in [0.2, 0.25) is 11.8 Å². The largest absolute Gasteiger partial charge is 0.474 e. The first-order valence-electron chi connectivity index (χ1n) is 11.3. The summed E-state index contributed by atoms with van der Waals surface area (Å²) in [5, 5.41) is 3.98. The number of nitrogens with one attached hydrogen (secondary N) is 1. The zero-order valence-corrected chi connectivity index (χ0v) is 20.0. The Morgan fingerprint density at radius 1 is 1.25 bits per heavy atom. The molecule has 0 aliphatic heterocycles. The maximum Gasteiger partial charge on any atom is 0.408 e. The molecule has 0 spiro atoms. The fraction of sp³-hybridized carbons (Fsp3) is 0.652. The first kappa shape index (κ1) is 22.8. The van der Waals surface area contributed by atoms with Crippen molar-refractivity contribution in [3.63, 3.8) is 0 Å². The topological polar surface area (TPSA) is 116 Å². The number of amides is 2. The summed E-state index contributed by atoms with van der Waals surface area (Å²) >= 11 is 1.66. The lowest BCUT2D eigenvalue weighted by molar-refractivity contribution is -0.118. The average molecular weight is 461 g/mol. The van der Waals surface area contributed by atoms with Gasteiger partial charge in [0.25, 0.3) is 0 Å². The number of hydrogen-bond donors (Lipinski definition) is 2. The monoisotopic (exact) mass is 460 g/mol. The van der Waals surface area contributed by atoms with E-state index in [9.17, 15) is 9.59 Å². The van der Waals surface area contributed by atoms with E-state index in [0.717, 1.165) is 54.3 Å². The average Bonchev–Trinajstić information content (AvgIpc) is 3.22. The molecule has 4 rings (SSSR count). The molecule has 2 aliphatic carbocycles. The highest BCUT2D eigenvalue weighted by molar-refractivity contribution is 7.19. The van der Waals surface area contributed by atoms with Crippen LogP contribution in [-0.2, 0) is 16.0 Å². The normalized spacial score (nSPS) is 25.4. The van der Waals surface area contributed by atoms with Gasteiger partial charge in [-0.2, -0.15) is 0 Å². The Hall–Kier alpha value is -2.42. The van der Waals surface area contributed by atoms with Crippen LogP contribution in [0.15, 0.2) is 6.33 Å². The van der Waals surface area contributed by atoms with Crippen LogP contribution in [0.1, 0.15) is 82.6 Å². The summed E-state index contributed by atoms with van der Waals surface area (Å²) in [6, 6.07) is 0. The molecule has 2 amide bonds. The Bertz CT molecular complexity index is 1020. The lowest BCUT2D eigenvalue weighted by atomic mass is 9.82. The first-order chi connectivity index (χ1) is 15.0. The molecule has 174 valence electrons. The van der Waals surface area contributed by atoms with Crippen molar-refractivity contribution in [2.75, 3.05) is 0 Å². The number of ether oxygens (including phenoxy) is 2. The van der Waals surface area contributed by atoms with Gasteiger partial charge in [0.05, 0.1) is 5.39 Å². The molecule has 2 aromatic heterocycles. The minimum absolute atomic E-state index is 0.00755. The number of nitrogens with zero attached hydrogens (tertiary/aromatic N) is 2. The maximum absolute atomic E-state index is 12.2. The zero-order chi connectivity index (χ0) is 23.1. The Balaban J connectivity index is 1.45. The van der Waals surface area contributed by atoms with Crippen LogP contribution in [0.25, 0.3) is 10.2 Å². The number of aryl methyl sites for hydroxylation is 1. The van der Waals surface area contributed by atoms with E-state index < -0.39 is 5.60 Å². The standard InChI is InChI=1S/C23H32N4O4S/c1-22(2,3)31-21(29)27-23(4)9-7-14(8-10-23)30-19-18-17-13(11-16(24)28)5-6-15(17)32-20(18)26-12-25-19/h12-14H,5-11H2,1-4H3,(H2,24,28)(H,27,29)/t13-,14?,23?/m1/s1. The van der Waals surface area contributed by atoms with E-state index in [4.69, 9.17) is 15.2 Å². The second kappa shape index (κ2) is 8.50. The molecule has 9 heteroatoms. The Kier molecular flexibility index (Phi) is 6.04. The zero-order valence-electron chi connectivity index (χ0n) is 19.2. The van der Waals surface area contributed by atoms with Gasteiger partial charge >= 0.3 is 6.09 Å². The molecule has 0 bridgehead atoms. The van der Waals surface area contributed by atoms with Gasteiger partial charge in [0.1, 0.15) is 22.9 Å².